The normalized spacial score (nSPS) is 14.8. The Morgan fingerprint density at radius 2 is 1.75 bits per heavy atom. The van der Waals surface area contributed by atoms with Crippen molar-refractivity contribution in [1.82, 2.24) is 4.98 Å². The van der Waals surface area contributed by atoms with E-state index < -0.39 is 0 Å². The number of hydrogen-bond acceptors (Lipinski definition) is 3. The number of piperidine rings is 1. The van der Waals surface area contributed by atoms with Crippen molar-refractivity contribution in [2.45, 2.75) is 19.3 Å². The molecule has 3 rings (SSSR count). The summed E-state index contributed by atoms with van der Waals surface area (Å²) >= 11 is 0. The summed E-state index contributed by atoms with van der Waals surface area (Å²) < 4.78 is 0. The predicted octanol–water partition coefficient (Wildman–Crippen LogP) is 3.61. The molecule has 1 aromatic heterocycles. The molecule has 0 bridgehead atoms. The van der Waals surface area contributed by atoms with Gasteiger partial charge in [0.2, 0.25) is 0 Å². The second-order valence-corrected chi connectivity index (χ2v) is 5.12. The summed E-state index contributed by atoms with van der Waals surface area (Å²) in [5.41, 5.74) is 2.78. The molecule has 1 aliphatic rings. The average molecular weight is 263 g/mol. The van der Waals surface area contributed by atoms with Crippen LogP contribution in [0.2, 0.25) is 0 Å². The van der Waals surface area contributed by atoms with E-state index in [0.29, 0.717) is 5.56 Å². The third-order valence-electron chi connectivity index (χ3n) is 3.75. The minimum atomic E-state index is 0.674. The van der Waals surface area contributed by atoms with Crippen LogP contribution < -0.4 is 4.90 Å². The molecule has 20 heavy (non-hydrogen) atoms. The van der Waals surface area contributed by atoms with E-state index in [1.807, 2.05) is 42.6 Å². The van der Waals surface area contributed by atoms with Gasteiger partial charge in [0.1, 0.15) is 11.9 Å². The number of aromatic nitrogens is 1. The summed E-state index contributed by atoms with van der Waals surface area (Å²) in [6.45, 7) is 2.01. The number of pyridine rings is 1. The Morgan fingerprint density at radius 3 is 2.45 bits per heavy atom. The molecular formula is C17H17N3. The lowest BCUT2D eigenvalue weighted by atomic mass is 10.0. The zero-order valence-electron chi connectivity index (χ0n) is 11.4. The van der Waals surface area contributed by atoms with Crippen LogP contribution in [-0.4, -0.2) is 18.1 Å². The third-order valence-corrected chi connectivity index (χ3v) is 3.75. The van der Waals surface area contributed by atoms with Crippen LogP contribution in [-0.2, 0) is 0 Å². The number of benzene rings is 1. The Hall–Kier alpha value is -2.34. The molecule has 0 atom stereocenters. The van der Waals surface area contributed by atoms with Gasteiger partial charge >= 0.3 is 0 Å². The Labute approximate surface area is 119 Å². The number of rotatable bonds is 2. The molecule has 0 spiro atoms. The van der Waals surface area contributed by atoms with Gasteiger partial charge < -0.3 is 4.90 Å². The van der Waals surface area contributed by atoms with Gasteiger partial charge in [0.15, 0.2) is 0 Å². The van der Waals surface area contributed by atoms with Crippen molar-refractivity contribution in [3.63, 3.8) is 0 Å². The molecule has 2 heterocycles. The van der Waals surface area contributed by atoms with Gasteiger partial charge in [0.25, 0.3) is 0 Å². The highest BCUT2D eigenvalue weighted by Gasteiger charge is 2.16. The van der Waals surface area contributed by atoms with E-state index in [0.717, 1.165) is 30.0 Å². The first-order chi connectivity index (χ1) is 9.88. The summed E-state index contributed by atoms with van der Waals surface area (Å²) in [6.07, 6.45) is 5.53. The largest absolute Gasteiger partial charge is 0.356 e. The number of anilines is 1. The lowest BCUT2D eigenvalue weighted by Crippen LogP contribution is -2.30. The number of nitriles is 1. The molecule has 2 aromatic rings. The van der Waals surface area contributed by atoms with Crippen LogP contribution in [0, 0.1) is 11.3 Å². The van der Waals surface area contributed by atoms with Crippen LogP contribution in [0.3, 0.4) is 0 Å². The first kappa shape index (κ1) is 12.7. The van der Waals surface area contributed by atoms with E-state index in [4.69, 9.17) is 0 Å². The highest BCUT2D eigenvalue weighted by Crippen LogP contribution is 2.26. The molecule has 0 saturated carbocycles. The van der Waals surface area contributed by atoms with Crippen molar-refractivity contribution in [2.24, 2.45) is 0 Å². The second-order valence-electron chi connectivity index (χ2n) is 5.12. The molecule has 0 aliphatic carbocycles. The highest BCUT2D eigenvalue weighted by molar-refractivity contribution is 5.68. The van der Waals surface area contributed by atoms with Gasteiger partial charge in [0, 0.05) is 24.8 Å². The molecule has 100 valence electrons. The molecule has 0 radical (unpaired) electrons. The topological polar surface area (TPSA) is 39.9 Å². The van der Waals surface area contributed by atoms with E-state index in [1.165, 1.54) is 19.3 Å². The average Bonchev–Trinajstić information content (AvgIpc) is 2.56. The van der Waals surface area contributed by atoms with Crippen LogP contribution in [0.4, 0.5) is 5.82 Å². The number of hydrogen-bond donors (Lipinski definition) is 0. The standard InChI is InChI=1S/C17H17N3/c18-12-15-11-16(14-7-3-1-4-8-14)13-19-17(15)20-9-5-2-6-10-20/h1,3-4,7-8,11,13H,2,5-6,9-10H2. The monoisotopic (exact) mass is 263 g/mol. The summed E-state index contributed by atoms with van der Waals surface area (Å²) in [4.78, 5) is 6.79. The van der Waals surface area contributed by atoms with Crippen LogP contribution in [0.25, 0.3) is 11.1 Å². The fraction of sp³-hybridized carbons (Fsp3) is 0.294. The zero-order chi connectivity index (χ0) is 13.8. The van der Waals surface area contributed by atoms with E-state index >= 15 is 0 Å². The Kier molecular flexibility index (Phi) is 3.64. The minimum absolute atomic E-state index is 0.674. The summed E-state index contributed by atoms with van der Waals surface area (Å²) in [7, 11) is 0. The molecular weight excluding hydrogens is 246 g/mol. The number of nitrogens with zero attached hydrogens (tertiary/aromatic N) is 3. The summed E-state index contributed by atoms with van der Waals surface area (Å²) in [5, 5.41) is 9.40. The maximum absolute atomic E-state index is 9.40. The molecule has 1 fully saturated rings. The molecule has 1 saturated heterocycles. The Balaban J connectivity index is 1.96. The van der Waals surface area contributed by atoms with Crippen LogP contribution in [0.15, 0.2) is 42.6 Å². The van der Waals surface area contributed by atoms with Crippen molar-refractivity contribution in [2.75, 3.05) is 18.0 Å². The van der Waals surface area contributed by atoms with Crippen molar-refractivity contribution in [1.29, 1.82) is 5.26 Å². The van der Waals surface area contributed by atoms with Gasteiger partial charge in [-0.1, -0.05) is 30.3 Å². The van der Waals surface area contributed by atoms with Crippen LogP contribution in [0.1, 0.15) is 24.8 Å². The third kappa shape index (κ3) is 2.50. The van der Waals surface area contributed by atoms with E-state index in [-0.39, 0.29) is 0 Å². The smallest absolute Gasteiger partial charge is 0.146 e. The maximum atomic E-state index is 9.40. The van der Waals surface area contributed by atoms with Crippen LogP contribution >= 0.6 is 0 Å². The molecule has 0 N–H and O–H groups in total. The van der Waals surface area contributed by atoms with Gasteiger partial charge in [-0.05, 0) is 30.9 Å². The van der Waals surface area contributed by atoms with Crippen molar-refractivity contribution in [3.05, 3.63) is 48.2 Å². The zero-order valence-corrected chi connectivity index (χ0v) is 11.4. The fourth-order valence-corrected chi connectivity index (χ4v) is 2.69. The maximum Gasteiger partial charge on any atom is 0.146 e. The van der Waals surface area contributed by atoms with Gasteiger partial charge in [-0.2, -0.15) is 5.26 Å². The summed E-state index contributed by atoms with van der Waals surface area (Å²) in [5.74, 6) is 0.840. The Bertz CT molecular complexity index is 622. The van der Waals surface area contributed by atoms with Crippen LogP contribution in [0.5, 0.6) is 0 Å². The van der Waals surface area contributed by atoms with Crippen molar-refractivity contribution >= 4 is 5.82 Å². The predicted molar refractivity (Wildman–Crippen MR) is 80.5 cm³/mol. The molecule has 1 aliphatic heterocycles. The first-order valence-electron chi connectivity index (χ1n) is 7.09. The molecule has 3 nitrogen and oxygen atoms in total. The van der Waals surface area contributed by atoms with E-state index in [2.05, 4.69) is 16.0 Å². The molecule has 0 amide bonds. The second kappa shape index (κ2) is 5.75. The SMILES string of the molecule is N#Cc1cc(-c2ccccc2)cnc1N1CCCCC1. The van der Waals surface area contributed by atoms with Crippen molar-refractivity contribution < 1.29 is 0 Å². The molecule has 0 unspecified atom stereocenters. The van der Waals surface area contributed by atoms with Gasteiger partial charge in [-0.3, -0.25) is 0 Å². The van der Waals surface area contributed by atoms with Gasteiger partial charge in [-0.25, -0.2) is 4.98 Å². The highest BCUT2D eigenvalue weighted by atomic mass is 15.2. The van der Waals surface area contributed by atoms with Crippen molar-refractivity contribution in [3.8, 4) is 17.2 Å². The lowest BCUT2D eigenvalue weighted by Gasteiger charge is -2.28. The Morgan fingerprint density at radius 1 is 1.00 bits per heavy atom. The fourth-order valence-electron chi connectivity index (χ4n) is 2.69. The van der Waals surface area contributed by atoms with Gasteiger partial charge in [-0.15, -0.1) is 0 Å². The van der Waals surface area contributed by atoms with E-state index in [9.17, 15) is 5.26 Å². The minimum Gasteiger partial charge on any atom is -0.356 e. The van der Waals surface area contributed by atoms with Gasteiger partial charge in [0.05, 0.1) is 5.56 Å². The molecule has 1 aromatic carbocycles. The summed E-state index contributed by atoms with van der Waals surface area (Å²) in [6, 6.07) is 14.3. The quantitative estimate of drug-likeness (QED) is 0.831. The first-order valence-corrected chi connectivity index (χ1v) is 7.09. The van der Waals surface area contributed by atoms with E-state index in [1.54, 1.807) is 0 Å². The molecule has 3 heteroatoms. The lowest BCUT2D eigenvalue weighted by molar-refractivity contribution is 0.573.